The second-order valence-corrected chi connectivity index (χ2v) is 5.26. The molecule has 0 aromatic carbocycles. The van der Waals surface area contributed by atoms with Crippen molar-refractivity contribution in [3.8, 4) is 11.6 Å². The second-order valence-electron chi connectivity index (χ2n) is 3.80. The Labute approximate surface area is 123 Å². The number of hydrogen-bond donors (Lipinski definition) is 0. The molecular formula is C14H18ClNO2S. The molecule has 19 heavy (non-hydrogen) atoms. The van der Waals surface area contributed by atoms with Crippen LogP contribution in [0.15, 0.2) is 39.9 Å². The highest BCUT2D eigenvalue weighted by molar-refractivity contribution is 7.99. The van der Waals surface area contributed by atoms with Gasteiger partial charge in [-0.15, -0.1) is 11.8 Å². The SMILES string of the molecule is CC=CC(Cl)=C(C)CSc1cnc(OC)c(OC)c1. The smallest absolute Gasteiger partial charge is 0.256 e. The van der Waals surface area contributed by atoms with E-state index < -0.39 is 0 Å². The maximum atomic E-state index is 6.12. The van der Waals surface area contributed by atoms with E-state index >= 15 is 0 Å². The number of thioether (sulfide) groups is 1. The molecule has 104 valence electrons. The minimum Gasteiger partial charge on any atom is -0.491 e. The lowest BCUT2D eigenvalue weighted by Crippen LogP contribution is -1.94. The number of halogens is 1. The number of hydrogen-bond acceptors (Lipinski definition) is 4. The maximum Gasteiger partial charge on any atom is 0.256 e. The number of nitrogens with zero attached hydrogens (tertiary/aromatic N) is 1. The van der Waals surface area contributed by atoms with Crippen LogP contribution in [0.4, 0.5) is 0 Å². The molecule has 1 rings (SSSR count). The molecule has 0 unspecified atom stereocenters. The van der Waals surface area contributed by atoms with Crippen molar-refractivity contribution in [3.63, 3.8) is 0 Å². The van der Waals surface area contributed by atoms with Crippen molar-refractivity contribution < 1.29 is 9.47 Å². The Kier molecular flexibility index (Phi) is 6.81. The lowest BCUT2D eigenvalue weighted by atomic mass is 10.3. The zero-order chi connectivity index (χ0) is 14.3. The van der Waals surface area contributed by atoms with Crippen LogP contribution in [-0.4, -0.2) is 25.0 Å². The van der Waals surface area contributed by atoms with E-state index in [1.165, 1.54) is 0 Å². The van der Waals surface area contributed by atoms with Gasteiger partial charge in [-0.3, -0.25) is 0 Å². The molecule has 3 nitrogen and oxygen atoms in total. The third-order valence-electron chi connectivity index (χ3n) is 2.38. The number of rotatable bonds is 6. The Morgan fingerprint density at radius 1 is 1.42 bits per heavy atom. The number of ether oxygens (including phenoxy) is 2. The van der Waals surface area contributed by atoms with E-state index in [1.54, 1.807) is 32.2 Å². The van der Waals surface area contributed by atoms with Crippen LogP contribution in [-0.2, 0) is 0 Å². The maximum absolute atomic E-state index is 6.12. The van der Waals surface area contributed by atoms with Crippen LogP contribution in [0.5, 0.6) is 11.6 Å². The van der Waals surface area contributed by atoms with Gasteiger partial charge in [0.05, 0.1) is 14.2 Å². The summed E-state index contributed by atoms with van der Waals surface area (Å²) in [6, 6.07) is 1.91. The summed E-state index contributed by atoms with van der Waals surface area (Å²) < 4.78 is 10.3. The molecule has 0 fully saturated rings. The fraction of sp³-hybridized carbons (Fsp3) is 0.357. The van der Waals surface area contributed by atoms with E-state index in [0.717, 1.165) is 21.3 Å². The normalized spacial score (nSPS) is 12.5. The van der Waals surface area contributed by atoms with Crippen LogP contribution >= 0.6 is 23.4 Å². The van der Waals surface area contributed by atoms with Gasteiger partial charge < -0.3 is 9.47 Å². The summed E-state index contributed by atoms with van der Waals surface area (Å²) in [4.78, 5) is 5.21. The first-order chi connectivity index (χ1) is 9.12. The van der Waals surface area contributed by atoms with E-state index in [1.807, 2.05) is 32.1 Å². The molecule has 0 N–H and O–H groups in total. The topological polar surface area (TPSA) is 31.4 Å². The van der Waals surface area contributed by atoms with Crippen LogP contribution in [0, 0.1) is 0 Å². The predicted octanol–water partition coefficient (Wildman–Crippen LogP) is 4.28. The molecule has 0 spiro atoms. The highest BCUT2D eigenvalue weighted by atomic mass is 35.5. The predicted molar refractivity (Wildman–Crippen MR) is 81.4 cm³/mol. The largest absolute Gasteiger partial charge is 0.491 e. The molecule has 0 amide bonds. The summed E-state index contributed by atoms with van der Waals surface area (Å²) in [6.07, 6.45) is 5.58. The minimum atomic E-state index is 0.492. The molecule has 0 bridgehead atoms. The van der Waals surface area contributed by atoms with E-state index in [-0.39, 0.29) is 0 Å². The first kappa shape index (κ1) is 15.9. The lowest BCUT2D eigenvalue weighted by molar-refractivity contribution is 0.341. The van der Waals surface area contributed by atoms with E-state index in [2.05, 4.69) is 4.98 Å². The zero-order valence-electron chi connectivity index (χ0n) is 11.6. The van der Waals surface area contributed by atoms with Gasteiger partial charge >= 0.3 is 0 Å². The highest BCUT2D eigenvalue weighted by Crippen LogP contribution is 2.30. The Balaban J connectivity index is 2.76. The van der Waals surface area contributed by atoms with Crippen molar-refractivity contribution in [1.82, 2.24) is 4.98 Å². The summed E-state index contributed by atoms with van der Waals surface area (Å²) >= 11 is 7.78. The number of methoxy groups -OCH3 is 2. The molecule has 0 atom stereocenters. The van der Waals surface area contributed by atoms with E-state index in [9.17, 15) is 0 Å². The third kappa shape index (κ3) is 4.80. The number of allylic oxidation sites excluding steroid dienone is 3. The molecule has 1 aromatic heterocycles. The van der Waals surface area contributed by atoms with Crippen molar-refractivity contribution in [2.45, 2.75) is 18.7 Å². The highest BCUT2D eigenvalue weighted by Gasteiger charge is 2.07. The monoisotopic (exact) mass is 299 g/mol. The van der Waals surface area contributed by atoms with E-state index in [0.29, 0.717) is 11.6 Å². The summed E-state index contributed by atoms with van der Waals surface area (Å²) in [5, 5.41) is 0.781. The Morgan fingerprint density at radius 3 is 2.74 bits per heavy atom. The molecule has 1 aromatic rings. The van der Waals surface area contributed by atoms with Gasteiger partial charge in [-0.2, -0.15) is 0 Å². The van der Waals surface area contributed by atoms with Crippen LogP contribution in [0.1, 0.15) is 13.8 Å². The van der Waals surface area contributed by atoms with Gasteiger partial charge in [0.25, 0.3) is 5.88 Å². The molecule has 5 heteroatoms. The molecular weight excluding hydrogens is 282 g/mol. The van der Waals surface area contributed by atoms with Crippen molar-refractivity contribution in [3.05, 3.63) is 35.0 Å². The van der Waals surface area contributed by atoms with Gasteiger partial charge in [0, 0.05) is 27.9 Å². The van der Waals surface area contributed by atoms with Crippen LogP contribution < -0.4 is 9.47 Å². The van der Waals surface area contributed by atoms with Crippen molar-refractivity contribution in [2.24, 2.45) is 0 Å². The van der Waals surface area contributed by atoms with Gasteiger partial charge in [0.1, 0.15) is 0 Å². The van der Waals surface area contributed by atoms with Crippen LogP contribution in [0.3, 0.4) is 0 Å². The average Bonchev–Trinajstić information content (AvgIpc) is 2.44. The second kappa shape index (κ2) is 8.12. The first-order valence-electron chi connectivity index (χ1n) is 5.81. The summed E-state index contributed by atoms with van der Waals surface area (Å²) in [7, 11) is 3.17. The van der Waals surface area contributed by atoms with E-state index in [4.69, 9.17) is 21.1 Å². The zero-order valence-corrected chi connectivity index (χ0v) is 13.1. The molecule has 1 heterocycles. The lowest BCUT2D eigenvalue weighted by Gasteiger charge is -2.08. The van der Waals surface area contributed by atoms with Gasteiger partial charge in [-0.1, -0.05) is 17.7 Å². The van der Waals surface area contributed by atoms with Gasteiger partial charge in [-0.05, 0) is 25.5 Å². The number of aromatic nitrogens is 1. The van der Waals surface area contributed by atoms with Gasteiger partial charge in [0.15, 0.2) is 5.75 Å². The van der Waals surface area contributed by atoms with Crippen molar-refractivity contribution in [2.75, 3.05) is 20.0 Å². The quantitative estimate of drug-likeness (QED) is 0.579. The standard InChI is InChI=1S/C14H18ClNO2S/c1-5-6-12(15)10(2)9-19-11-7-13(17-3)14(18-4)16-8-11/h5-8H,9H2,1-4H3. The molecule has 0 saturated heterocycles. The average molecular weight is 300 g/mol. The molecule has 0 aliphatic carbocycles. The Bertz CT molecular complexity index is 486. The fourth-order valence-corrected chi connectivity index (χ4v) is 2.47. The van der Waals surface area contributed by atoms with Crippen LogP contribution in [0.25, 0.3) is 0 Å². The summed E-state index contributed by atoms with van der Waals surface area (Å²) in [5.74, 6) is 1.93. The first-order valence-corrected chi connectivity index (χ1v) is 7.17. The Morgan fingerprint density at radius 2 is 2.16 bits per heavy atom. The molecule has 0 aliphatic heterocycles. The molecule has 0 saturated carbocycles. The molecule has 0 radical (unpaired) electrons. The van der Waals surface area contributed by atoms with Crippen molar-refractivity contribution in [1.29, 1.82) is 0 Å². The minimum absolute atomic E-state index is 0.492. The van der Waals surface area contributed by atoms with Crippen LogP contribution in [0.2, 0.25) is 0 Å². The number of pyridine rings is 1. The molecule has 0 aliphatic rings. The Hall–Kier alpha value is -1.13. The van der Waals surface area contributed by atoms with Gasteiger partial charge in [0.2, 0.25) is 0 Å². The third-order valence-corrected chi connectivity index (χ3v) is 3.97. The summed E-state index contributed by atoms with van der Waals surface area (Å²) in [5.41, 5.74) is 1.12. The van der Waals surface area contributed by atoms with Gasteiger partial charge in [-0.25, -0.2) is 4.98 Å². The summed E-state index contributed by atoms with van der Waals surface area (Å²) in [6.45, 7) is 3.96. The van der Waals surface area contributed by atoms with Crippen molar-refractivity contribution >= 4 is 23.4 Å². The fourth-order valence-electron chi connectivity index (χ4n) is 1.34.